The van der Waals surface area contributed by atoms with Gasteiger partial charge in [-0.25, -0.2) is 0 Å². The summed E-state index contributed by atoms with van der Waals surface area (Å²) in [5.74, 6) is -0.253. The van der Waals surface area contributed by atoms with E-state index in [0.29, 0.717) is 0 Å². The molecule has 6 heteroatoms. The predicted molar refractivity (Wildman–Crippen MR) is 73.9 cm³/mol. The highest BCUT2D eigenvalue weighted by Crippen LogP contribution is 2.10. The standard InChI is InChI=1S/C13H21NO4Si/c1-4-5-13(19(16-2)17-3)18-12(15)10-11-6-8-14-9-7-11/h6-9,13,19H,4-5,10H2,1-3H3. The normalized spacial score (nSPS) is 12.4. The summed E-state index contributed by atoms with van der Waals surface area (Å²) in [6.45, 7) is 2.04. The molecule has 0 saturated heterocycles. The molecule has 0 spiro atoms. The minimum Gasteiger partial charge on any atom is -0.461 e. The van der Waals surface area contributed by atoms with Crippen molar-refractivity contribution in [1.29, 1.82) is 0 Å². The lowest BCUT2D eigenvalue weighted by Gasteiger charge is -2.22. The van der Waals surface area contributed by atoms with Crippen molar-refractivity contribution in [1.82, 2.24) is 4.98 Å². The highest BCUT2D eigenvalue weighted by molar-refractivity contribution is 6.46. The lowest BCUT2D eigenvalue weighted by molar-refractivity contribution is -0.146. The summed E-state index contributed by atoms with van der Waals surface area (Å²) in [5.41, 5.74) is 0.651. The number of rotatable bonds is 8. The summed E-state index contributed by atoms with van der Waals surface area (Å²) in [6.07, 6.45) is 5.25. The van der Waals surface area contributed by atoms with Gasteiger partial charge < -0.3 is 13.6 Å². The van der Waals surface area contributed by atoms with Crippen molar-refractivity contribution in [2.75, 3.05) is 14.2 Å². The van der Waals surface area contributed by atoms with Crippen LogP contribution in [0, 0.1) is 0 Å². The molecule has 19 heavy (non-hydrogen) atoms. The first-order valence-electron chi connectivity index (χ1n) is 6.35. The van der Waals surface area contributed by atoms with Crippen LogP contribution in [0.15, 0.2) is 24.5 Å². The van der Waals surface area contributed by atoms with E-state index >= 15 is 0 Å². The zero-order chi connectivity index (χ0) is 14.1. The Kier molecular flexibility index (Phi) is 7.31. The van der Waals surface area contributed by atoms with Gasteiger partial charge in [0.05, 0.1) is 6.42 Å². The molecular weight excluding hydrogens is 262 g/mol. The highest BCUT2D eigenvalue weighted by atomic mass is 28.3. The number of nitrogens with zero attached hydrogens (tertiary/aromatic N) is 1. The molecule has 0 aliphatic carbocycles. The number of hydrogen-bond acceptors (Lipinski definition) is 5. The van der Waals surface area contributed by atoms with E-state index in [0.717, 1.165) is 18.4 Å². The summed E-state index contributed by atoms with van der Waals surface area (Å²) in [6, 6.07) is 3.61. The van der Waals surface area contributed by atoms with Crippen LogP contribution in [-0.2, 0) is 24.8 Å². The van der Waals surface area contributed by atoms with Crippen molar-refractivity contribution in [3.63, 3.8) is 0 Å². The Morgan fingerprint density at radius 2 is 1.95 bits per heavy atom. The van der Waals surface area contributed by atoms with Crippen LogP contribution in [0.4, 0.5) is 0 Å². The molecule has 0 aliphatic rings. The smallest absolute Gasteiger partial charge is 0.363 e. The molecule has 1 unspecified atom stereocenters. The van der Waals surface area contributed by atoms with Gasteiger partial charge in [0.25, 0.3) is 0 Å². The first-order valence-corrected chi connectivity index (χ1v) is 7.96. The Labute approximate surface area is 115 Å². The summed E-state index contributed by atoms with van der Waals surface area (Å²) in [7, 11) is 1.25. The van der Waals surface area contributed by atoms with Crippen molar-refractivity contribution in [2.45, 2.75) is 31.9 Å². The van der Waals surface area contributed by atoms with Gasteiger partial charge in [0, 0.05) is 26.6 Å². The highest BCUT2D eigenvalue weighted by Gasteiger charge is 2.27. The first-order chi connectivity index (χ1) is 9.21. The third-order valence-corrected chi connectivity index (χ3v) is 4.73. The maximum Gasteiger partial charge on any atom is 0.363 e. The van der Waals surface area contributed by atoms with Gasteiger partial charge in [-0.05, 0) is 24.1 Å². The van der Waals surface area contributed by atoms with E-state index in [-0.39, 0.29) is 18.1 Å². The molecule has 106 valence electrons. The predicted octanol–water partition coefficient (Wildman–Crippen LogP) is 1.39. The van der Waals surface area contributed by atoms with Gasteiger partial charge in [0.1, 0.15) is 5.73 Å². The third-order valence-electron chi connectivity index (χ3n) is 2.72. The number of hydrogen-bond donors (Lipinski definition) is 0. The number of carbonyl (C=O) groups is 1. The lowest BCUT2D eigenvalue weighted by atomic mass is 10.2. The van der Waals surface area contributed by atoms with Gasteiger partial charge in [-0.1, -0.05) is 13.3 Å². The van der Waals surface area contributed by atoms with Gasteiger partial charge >= 0.3 is 15.3 Å². The molecule has 1 atom stereocenters. The third kappa shape index (κ3) is 5.50. The Morgan fingerprint density at radius 3 is 2.47 bits per heavy atom. The fraction of sp³-hybridized carbons (Fsp3) is 0.538. The van der Waals surface area contributed by atoms with Gasteiger partial charge in [-0.15, -0.1) is 0 Å². The molecular formula is C13H21NO4Si. The van der Waals surface area contributed by atoms with Crippen LogP contribution in [-0.4, -0.2) is 40.2 Å². The summed E-state index contributed by atoms with van der Waals surface area (Å²) >= 11 is 0. The number of pyridine rings is 1. The zero-order valence-electron chi connectivity index (χ0n) is 11.7. The van der Waals surface area contributed by atoms with Crippen LogP contribution in [0.1, 0.15) is 25.3 Å². The van der Waals surface area contributed by atoms with Crippen molar-refractivity contribution in [3.8, 4) is 0 Å². The topological polar surface area (TPSA) is 57.7 Å². The Bertz CT molecular complexity index is 370. The lowest BCUT2D eigenvalue weighted by Crippen LogP contribution is -2.39. The maximum atomic E-state index is 11.9. The van der Waals surface area contributed by atoms with E-state index in [1.54, 1.807) is 38.7 Å². The molecule has 0 saturated carbocycles. The molecule has 1 aromatic rings. The van der Waals surface area contributed by atoms with Gasteiger partial charge in [-0.3, -0.25) is 9.78 Å². The van der Waals surface area contributed by atoms with E-state index in [1.807, 2.05) is 6.92 Å². The van der Waals surface area contributed by atoms with Crippen molar-refractivity contribution >= 4 is 15.3 Å². The second-order valence-corrected chi connectivity index (χ2v) is 6.61. The van der Waals surface area contributed by atoms with E-state index < -0.39 is 9.28 Å². The average molecular weight is 283 g/mol. The summed E-state index contributed by atoms with van der Waals surface area (Å²) in [5, 5.41) is 0. The van der Waals surface area contributed by atoms with Crippen molar-refractivity contribution in [2.24, 2.45) is 0 Å². The Hall–Kier alpha value is -1.24. The Balaban J connectivity index is 2.56. The van der Waals surface area contributed by atoms with E-state index in [4.69, 9.17) is 13.6 Å². The average Bonchev–Trinajstić information content (AvgIpc) is 2.41. The fourth-order valence-electron chi connectivity index (χ4n) is 1.81. The molecule has 0 N–H and O–H groups in total. The molecule has 0 bridgehead atoms. The molecule has 0 radical (unpaired) electrons. The molecule has 0 aliphatic heterocycles. The van der Waals surface area contributed by atoms with Crippen LogP contribution >= 0.6 is 0 Å². The molecule has 0 aromatic carbocycles. The SMILES string of the molecule is CCCC(OC(=O)Cc1ccncc1)[SiH](OC)OC. The van der Waals surface area contributed by atoms with Crippen molar-refractivity contribution in [3.05, 3.63) is 30.1 Å². The minimum atomic E-state index is -1.94. The Morgan fingerprint density at radius 1 is 1.32 bits per heavy atom. The van der Waals surface area contributed by atoms with Crippen LogP contribution in [0.2, 0.25) is 0 Å². The summed E-state index contributed by atoms with van der Waals surface area (Å²) < 4.78 is 16.1. The molecule has 0 amide bonds. The molecule has 1 heterocycles. The first kappa shape index (κ1) is 15.8. The molecule has 1 rings (SSSR count). The quantitative estimate of drug-likeness (QED) is 0.533. The van der Waals surface area contributed by atoms with E-state index in [9.17, 15) is 4.79 Å². The van der Waals surface area contributed by atoms with Crippen LogP contribution < -0.4 is 0 Å². The second kappa shape index (κ2) is 8.79. The number of carbonyl (C=O) groups excluding carboxylic acids is 1. The molecule has 5 nitrogen and oxygen atoms in total. The minimum absolute atomic E-state index is 0.241. The number of ether oxygens (including phenoxy) is 1. The van der Waals surface area contributed by atoms with Crippen LogP contribution in [0.25, 0.3) is 0 Å². The largest absolute Gasteiger partial charge is 0.461 e. The molecule has 0 fully saturated rings. The van der Waals surface area contributed by atoms with Gasteiger partial charge in [0.15, 0.2) is 0 Å². The monoisotopic (exact) mass is 283 g/mol. The second-order valence-electron chi connectivity index (χ2n) is 4.19. The van der Waals surface area contributed by atoms with Crippen molar-refractivity contribution < 1.29 is 18.4 Å². The maximum absolute atomic E-state index is 11.9. The van der Waals surface area contributed by atoms with E-state index in [1.165, 1.54) is 0 Å². The van der Waals surface area contributed by atoms with Gasteiger partial charge in [-0.2, -0.15) is 0 Å². The van der Waals surface area contributed by atoms with Crippen LogP contribution in [0.5, 0.6) is 0 Å². The number of aromatic nitrogens is 1. The van der Waals surface area contributed by atoms with E-state index in [2.05, 4.69) is 4.98 Å². The molecule has 1 aromatic heterocycles. The summed E-state index contributed by atoms with van der Waals surface area (Å²) in [4.78, 5) is 15.8. The van der Waals surface area contributed by atoms with Crippen LogP contribution in [0.3, 0.4) is 0 Å². The fourth-order valence-corrected chi connectivity index (χ4v) is 3.48. The number of esters is 1. The van der Waals surface area contributed by atoms with Gasteiger partial charge in [0.2, 0.25) is 0 Å². The zero-order valence-corrected chi connectivity index (χ0v) is 12.8.